The molecule has 27 heavy (non-hydrogen) atoms. The second kappa shape index (κ2) is 7.65. The molecule has 2 amide bonds. The maximum Gasteiger partial charge on any atom is 0.261 e. The van der Waals surface area contributed by atoms with Crippen molar-refractivity contribution in [3.63, 3.8) is 0 Å². The van der Waals surface area contributed by atoms with Crippen molar-refractivity contribution in [1.29, 1.82) is 0 Å². The molecule has 1 aliphatic rings. The Hall–Kier alpha value is -3.10. The lowest BCUT2D eigenvalue weighted by molar-refractivity contribution is -0.138. The molecule has 0 bridgehead atoms. The molecule has 1 saturated heterocycles. The van der Waals surface area contributed by atoms with Gasteiger partial charge < -0.3 is 19.3 Å². The zero-order valence-corrected chi connectivity index (χ0v) is 15.6. The highest BCUT2D eigenvalue weighted by atomic mass is 16.5. The van der Waals surface area contributed by atoms with Crippen LogP contribution in [-0.2, 0) is 16.1 Å². The van der Waals surface area contributed by atoms with Crippen LogP contribution in [0.1, 0.15) is 6.92 Å². The van der Waals surface area contributed by atoms with E-state index in [1.54, 1.807) is 21.9 Å². The first-order valence-corrected chi connectivity index (χ1v) is 8.59. The van der Waals surface area contributed by atoms with Crippen LogP contribution in [0.2, 0.25) is 0 Å². The summed E-state index contributed by atoms with van der Waals surface area (Å²) in [7, 11) is 3.00. The predicted octanol–water partition coefficient (Wildman–Crippen LogP) is 0.104. The van der Waals surface area contributed by atoms with Gasteiger partial charge in [0, 0.05) is 39.2 Å². The van der Waals surface area contributed by atoms with E-state index in [-0.39, 0.29) is 23.9 Å². The largest absolute Gasteiger partial charge is 0.493 e. The summed E-state index contributed by atoms with van der Waals surface area (Å²) in [5, 5.41) is 0.351. The Morgan fingerprint density at radius 2 is 1.63 bits per heavy atom. The van der Waals surface area contributed by atoms with Crippen molar-refractivity contribution in [3.8, 4) is 11.5 Å². The molecule has 0 aliphatic carbocycles. The molecule has 3 rings (SSSR count). The van der Waals surface area contributed by atoms with E-state index in [2.05, 4.69) is 4.98 Å². The molecule has 0 unspecified atom stereocenters. The molecule has 2 aromatic rings. The van der Waals surface area contributed by atoms with E-state index < -0.39 is 0 Å². The van der Waals surface area contributed by atoms with Gasteiger partial charge in [-0.3, -0.25) is 19.0 Å². The second-order valence-corrected chi connectivity index (χ2v) is 6.29. The first-order chi connectivity index (χ1) is 12.9. The summed E-state index contributed by atoms with van der Waals surface area (Å²) in [5.41, 5.74) is 0.146. The molecule has 0 saturated carbocycles. The first kappa shape index (κ1) is 18.7. The van der Waals surface area contributed by atoms with Crippen molar-refractivity contribution >= 4 is 22.7 Å². The lowest BCUT2D eigenvalue weighted by Crippen LogP contribution is -2.51. The summed E-state index contributed by atoms with van der Waals surface area (Å²) >= 11 is 0. The van der Waals surface area contributed by atoms with Crippen molar-refractivity contribution in [3.05, 3.63) is 28.8 Å². The SMILES string of the molecule is COc1cc2ncn(CC(=O)N3CCN(C(C)=O)CC3)c(=O)c2cc1OC. The van der Waals surface area contributed by atoms with Crippen molar-refractivity contribution in [2.24, 2.45) is 0 Å². The summed E-state index contributed by atoms with van der Waals surface area (Å²) in [6.07, 6.45) is 1.36. The van der Waals surface area contributed by atoms with Crippen molar-refractivity contribution < 1.29 is 19.1 Å². The molecular weight excluding hydrogens is 352 g/mol. The Morgan fingerprint density at radius 1 is 1.04 bits per heavy atom. The molecule has 0 spiro atoms. The Kier molecular flexibility index (Phi) is 5.29. The normalized spacial score (nSPS) is 14.3. The quantitative estimate of drug-likeness (QED) is 0.754. The van der Waals surface area contributed by atoms with Crippen LogP contribution in [-0.4, -0.2) is 71.6 Å². The van der Waals surface area contributed by atoms with Gasteiger partial charge in [-0.05, 0) is 6.07 Å². The van der Waals surface area contributed by atoms with Gasteiger partial charge in [-0.25, -0.2) is 4.98 Å². The number of carbonyl (C=O) groups excluding carboxylic acids is 2. The molecule has 0 atom stereocenters. The van der Waals surface area contributed by atoms with Gasteiger partial charge in [0.25, 0.3) is 5.56 Å². The predicted molar refractivity (Wildman–Crippen MR) is 97.9 cm³/mol. The van der Waals surface area contributed by atoms with Gasteiger partial charge in [0.2, 0.25) is 11.8 Å². The smallest absolute Gasteiger partial charge is 0.261 e. The van der Waals surface area contributed by atoms with Crippen LogP contribution in [0.5, 0.6) is 11.5 Å². The average molecular weight is 374 g/mol. The number of nitrogens with zero attached hydrogens (tertiary/aromatic N) is 4. The Bertz CT molecular complexity index is 931. The molecule has 9 heteroatoms. The van der Waals surface area contributed by atoms with Gasteiger partial charge in [0.05, 0.1) is 31.4 Å². The van der Waals surface area contributed by atoms with Gasteiger partial charge in [-0.2, -0.15) is 0 Å². The number of amides is 2. The minimum absolute atomic E-state index is 0.00132. The summed E-state index contributed by atoms with van der Waals surface area (Å²) in [6, 6.07) is 3.19. The molecule has 144 valence electrons. The fourth-order valence-electron chi connectivity index (χ4n) is 3.11. The summed E-state index contributed by atoms with van der Waals surface area (Å²) in [5.74, 6) is 0.728. The molecule has 1 aromatic carbocycles. The van der Waals surface area contributed by atoms with Crippen molar-refractivity contribution in [1.82, 2.24) is 19.4 Å². The zero-order valence-electron chi connectivity index (χ0n) is 15.6. The van der Waals surface area contributed by atoms with Gasteiger partial charge in [-0.1, -0.05) is 0 Å². The molecule has 0 radical (unpaired) electrons. The van der Waals surface area contributed by atoms with Crippen LogP contribution in [0.3, 0.4) is 0 Å². The third kappa shape index (κ3) is 3.71. The molecule has 1 aromatic heterocycles. The summed E-state index contributed by atoms with van der Waals surface area (Å²) in [4.78, 5) is 44.3. The van der Waals surface area contributed by atoms with Gasteiger partial charge >= 0.3 is 0 Å². The number of fused-ring (bicyclic) bond motifs is 1. The number of hydrogen-bond donors (Lipinski definition) is 0. The van der Waals surface area contributed by atoms with E-state index in [0.717, 1.165) is 0 Å². The molecule has 1 fully saturated rings. The number of aromatic nitrogens is 2. The average Bonchev–Trinajstić information content (AvgIpc) is 2.69. The lowest BCUT2D eigenvalue weighted by Gasteiger charge is -2.34. The van der Waals surface area contributed by atoms with Crippen LogP contribution in [0.15, 0.2) is 23.3 Å². The topological polar surface area (TPSA) is 94.0 Å². The second-order valence-electron chi connectivity index (χ2n) is 6.29. The van der Waals surface area contributed by atoms with Gasteiger partial charge in [-0.15, -0.1) is 0 Å². The van der Waals surface area contributed by atoms with Crippen LogP contribution >= 0.6 is 0 Å². The van der Waals surface area contributed by atoms with E-state index in [9.17, 15) is 14.4 Å². The molecule has 1 aliphatic heterocycles. The number of piperazine rings is 1. The third-order valence-electron chi connectivity index (χ3n) is 4.71. The molecule has 0 N–H and O–H groups in total. The van der Waals surface area contributed by atoms with E-state index in [0.29, 0.717) is 48.6 Å². The Morgan fingerprint density at radius 3 is 2.22 bits per heavy atom. The van der Waals surface area contributed by atoms with Gasteiger partial charge in [0.1, 0.15) is 6.54 Å². The Labute approximate surface area is 156 Å². The number of methoxy groups -OCH3 is 2. The fourth-order valence-corrected chi connectivity index (χ4v) is 3.11. The van der Waals surface area contributed by atoms with E-state index in [1.807, 2.05) is 0 Å². The van der Waals surface area contributed by atoms with E-state index in [4.69, 9.17) is 9.47 Å². The number of hydrogen-bond acceptors (Lipinski definition) is 6. The highest BCUT2D eigenvalue weighted by molar-refractivity contribution is 5.82. The highest BCUT2D eigenvalue weighted by Crippen LogP contribution is 2.29. The van der Waals surface area contributed by atoms with Crippen molar-refractivity contribution in [2.45, 2.75) is 13.5 Å². The number of carbonyl (C=O) groups is 2. The number of rotatable bonds is 4. The molecular formula is C18H22N4O5. The van der Waals surface area contributed by atoms with Gasteiger partial charge in [0.15, 0.2) is 11.5 Å². The maximum atomic E-state index is 12.8. The highest BCUT2D eigenvalue weighted by Gasteiger charge is 2.23. The fraction of sp³-hybridized carbons (Fsp3) is 0.444. The number of ether oxygens (including phenoxy) is 2. The summed E-state index contributed by atoms with van der Waals surface area (Å²) < 4.78 is 11.7. The minimum atomic E-state index is -0.323. The minimum Gasteiger partial charge on any atom is -0.493 e. The van der Waals surface area contributed by atoms with E-state index >= 15 is 0 Å². The number of benzene rings is 1. The van der Waals surface area contributed by atoms with E-state index in [1.165, 1.54) is 32.0 Å². The summed E-state index contributed by atoms with van der Waals surface area (Å²) in [6.45, 7) is 3.33. The van der Waals surface area contributed by atoms with Crippen LogP contribution in [0, 0.1) is 0 Å². The van der Waals surface area contributed by atoms with Crippen LogP contribution in [0.25, 0.3) is 10.9 Å². The standard InChI is InChI=1S/C18H22N4O5/c1-12(23)20-4-6-21(7-5-20)17(24)10-22-11-19-14-9-16(27-3)15(26-2)8-13(14)18(22)25/h8-9,11H,4-7,10H2,1-3H3. The lowest BCUT2D eigenvalue weighted by atomic mass is 10.2. The molecule has 9 nitrogen and oxygen atoms in total. The third-order valence-corrected chi connectivity index (χ3v) is 4.71. The maximum absolute atomic E-state index is 12.8. The zero-order chi connectivity index (χ0) is 19.6. The first-order valence-electron chi connectivity index (χ1n) is 8.59. The van der Waals surface area contributed by atoms with Crippen LogP contribution < -0.4 is 15.0 Å². The van der Waals surface area contributed by atoms with Crippen LogP contribution in [0.4, 0.5) is 0 Å². The Balaban J connectivity index is 1.81. The monoisotopic (exact) mass is 374 g/mol. The molecule has 2 heterocycles. The van der Waals surface area contributed by atoms with Crippen molar-refractivity contribution in [2.75, 3.05) is 40.4 Å².